The van der Waals surface area contributed by atoms with Crippen LogP contribution < -0.4 is 0 Å². The highest BCUT2D eigenvalue weighted by Crippen LogP contribution is 2.31. The SMILES string of the molecule is CC[C@H](CC(=O)N1C(=O)OC[C@H]1c1ccccc1)[C@@H](N=C(c1ccccc1)c1ccccc1C(=O)[C@@H]1CCCN1Cc1ccccc1)C(=O)O. The molecule has 6 rings (SSSR count). The molecule has 9 heteroatoms. The number of carbonyl (C=O) groups excluding carboxylic acids is 3. The molecule has 0 spiro atoms. The van der Waals surface area contributed by atoms with Crippen LogP contribution in [0.1, 0.15) is 71.3 Å². The zero-order valence-corrected chi connectivity index (χ0v) is 28.1. The molecule has 0 aliphatic carbocycles. The fraction of sp³-hybridized carbons (Fsp3) is 0.293. The van der Waals surface area contributed by atoms with Crippen molar-refractivity contribution >= 4 is 29.5 Å². The summed E-state index contributed by atoms with van der Waals surface area (Å²) >= 11 is 0. The number of cyclic esters (lactones) is 1. The van der Waals surface area contributed by atoms with Gasteiger partial charge in [0, 0.05) is 35.6 Å². The largest absolute Gasteiger partial charge is 0.480 e. The highest BCUT2D eigenvalue weighted by molar-refractivity contribution is 6.19. The van der Waals surface area contributed by atoms with Crippen LogP contribution in [-0.4, -0.2) is 69.6 Å². The number of imide groups is 1. The summed E-state index contributed by atoms with van der Waals surface area (Å²) in [5.41, 5.74) is 3.91. The van der Waals surface area contributed by atoms with Crippen molar-refractivity contribution in [3.8, 4) is 0 Å². The van der Waals surface area contributed by atoms with Crippen molar-refractivity contribution in [1.82, 2.24) is 9.80 Å². The Morgan fingerprint density at radius 1 is 0.860 bits per heavy atom. The summed E-state index contributed by atoms with van der Waals surface area (Å²) in [7, 11) is 0. The average molecular weight is 672 g/mol. The van der Waals surface area contributed by atoms with Crippen molar-refractivity contribution in [2.75, 3.05) is 13.2 Å². The van der Waals surface area contributed by atoms with E-state index in [1.807, 2.05) is 104 Å². The molecule has 0 aromatic heterocycles. The molecule has 2 heterocycles. The van der Waals surface area contributed by atoms with Gasteiger partial charge in [0.25, 0.3) is 0 Å². The van der Waals surface area contributed by atoms with Crippen LogP contribution in [-0.2, 0) is 20.9 Å². The lowest BCUT2D eigenvalue weighted by Gasteiger charge is -2.26. The van der Waals surface area contributed by atoms with Crippen molar-refractivity contribution in [1.29, 1.82) is 0 Å². The number of ketones is 1. The maximum Gasteiger partial charge on any atom is 0.417 e. The summed E-state index contributed by atoms with van der Waals surface area (Å²) in [6, 6.07) is 33.4. The Morgan fingerprint density at radius 3 is 2.14 bits per heavy atom. The van der Waals surface area contributed by atoms with Crippen LogP contribution in [0.3, 0.4) is 0 Å². The summed E-state index contributed by atoms with van der Waals surface area (Å²) in [4.78, 5) is 62.1. The van der Waals surface area contributed by atoms with Gasteiger partial charge in [0.15, 0.2) is 11.8 Å². The van der Waals surface area contributed by atoms with E-state index in [-0.39, 0.29) is 24.9 Å². The van der Waals surface area contributed by atoms with Gasteiger partial charge in [0.05, 0.1) is 11.8 Å². The number of amides is 2. The van der Waals surface area contributed by atoms with E-state index in [2.05, 4.69) is 17.0 Å². The molecule has 4 atom stereocenters. The fourth-order valence-electron chi connectivity index (χ4n) is 7.03. The Kier molecular flexibility index (Phi) is 10.9. The average Bonchev–Trinajstić information content (AvgIpc) is 3.78. The van der Waals surface area contributed by atoms with Crippen LogP contribution in [0.4, 0.5) is 4.79 Å². The third-order valence-corrected chi connectivity index (χ3v) is 9.64. The van der Waals surface area contributed by atoms with Gasteiger partial charge in [-0.25, -0.2) is 14.5 Å². The fourth-order valence-corrected chi connectivity index (χ4v) is 7.03. The molecule has 0 saturated carbocycles. The number of rotatable bonds is 13. The van der Waals surface area contributed by atoms with Crippen molar-refractivity contribution < 1.29 is 29.0 Å². The maximum atomic E-state index is 14.4. The van der Waals surface area contributed by atoms with E-state index in [1.54, 1.807) is 6.07 Å². The van der Waals surface area contributed by atoms with E-state index in [0.717, 1.165) is 35.4 Å². The Hall–Kier alpha value is -5.41. The third kappa shape index (κ3) is 7.58. The number of hydrogen-bond acceptors (Lipinski definition) is 7. The number of hydrogen-bond donors (Lipinski definition) is 1. The predicted molar refractivity (Wildman–Crippen MR) is 190 cm³/mol. The second-order valence-electron chi connectivity index (χ2n) is 12.8. The Morgan fingerprint density at radius 2 is 1.48 bits per heavy atom. The minimum Gasteiger partial charge on any atom is -0.480 e. The zero-order chi connectivity index (χ0) is 35.0. The summed E-state index contributed by atoms with van der Waals surface area (Å²) in [6.45, 7) is 3.29. The van der Waals surface area contributed by atoms with Gasteiger partial charge in [-0.2, -0.15) is 0 Å². The number of nitrogens with zero attached hydrogens (tertiary/aromatic N) is 3. The smallest absolute Gasteiger partial charge is 0.417 e. The van der Waals surface area contributed by atoms with E-state index in [0.29, 0.717) is 35.4 Å². The highest BCUT2D eigenvalue weighted by Gasteiger charge is 2.41. The molecule has 2 aliphatic heterocycles. The minimum atomic E-state index is -1.34. The third-order valence-electron chi connectivity index (χ3n) is 9.64. The summed E-state index contributed by atoms with van der Waals surface area (Å²) in [6.07, 6.45) is 0.949. The van der Waals surface area contributed by atoms with Gasteiger partial charge in [0.2, 0.25) is 5.91 Å². The van der Waals surface area contributed by atoms with Gasteiger partial charge >= 0.3 is 12.1 Å². The molecule has 50 heavy (non-hydrogen) atoms. The second-order valence-corrected chi connectivity index (χ2v) is 12.8. The Labute approximate surface area is 292 Å². The molecule has 0 radical (unpaired) electrons. The molecule has 0 bridgehead atoms. The quantitative estimate of drug-likeness (QED) is 0.121. The van der Waals surface area contributed by atoms with Crippen LogP contribution in [0.15, 0.2) is 120 Å². The van der Waals surface area contributed by atoms with E-state index >= 15 is 0 Å². The summed E-state index contributed by atoms with van der Waals surface area (Å²) < 4.78 is 5.26. The molecule has 256 valence electrons. The van der Waals surface area contributed by atoms with Crippen LogP contribution in [0.25, 0.3) is 0 Å². The zero-order valence-electron chi connectivity index (χ0n) is 28.1. The molecule has 4 aromatic rings. The minimum absolute atomic E-state index is 0.0264. The first-order valence-electron chi connectivity index (χ1n) is 17.2. The molecule has 1 N–H and O–H groups in total. The van der Waals surface area contributed by atoms with Gasteiger partial charge in [-0.05, 0) is 30.5 Å². The summed E-state index contributed by atoms with van der Waals surface area (Å²) in [5, 5.41) is 10.6. The summed E-state index contributed by atoms with van der Waals surface area (Å²) in [5.74, 6) is -2.50. The number of aliphatic carboxylic acids is 1. The van der Waals surface area contributed by atoms with Gasteiger partial charge in [-0.15, -0.1) is 0 Å². The lowest BCUT2D eigenvalue weighted by Crippen LogP contribution is -2.38. The normalized spacial score (nSPS) is 19.2. The first-order valence-corrected chi connectivity index (χ1v) is 17.2. The van der Waals surface area contributed by atoms with E-state index < -0.39 is 36.0 Å². The number of carboxylic acids is 1. The molecule has 2 aliphatic rings. The monoisotopic (exact) mass is 671 g/mol. The first-order chi connectivity index (χ1) is 24.4. The number of Topliss-reactive ketones (excluding diaryl/α,β-unsaturated/α-hetero) is 1. The topological polar surface area (TPSA) is 117 Å². The molecule has 2 fully saturated rings. The van der Waals surface area contributed by atoms with Crippen molar-refractivity contribution in [3.63, 3.8) is 0 Å². The van der Waals surface area contributed by atoms with Crippen LogP contribution in [0.5, 0.6) is 0 Å². The highest BCUT2D eigenvalue weighted by atomic mass is 16.6. The van der Waals surface area contributed by atoms with Crippen LogP contribution in [0, 0.1) is 5.92 Å². The molecule has 4 aromatic carbocycles. The van der Waals surface area contributed by atoms with Crippen molar-refractivity contribution in [3.05, 3.63) is 143 Å². The van der Waals surface area contributed by atoms with Gasteiger partial charge in [0.1, 0.15) is 12.6 Å². The number of ether oxygens (including phenoxy) is 1. The Balaban J connectivity index is 1.33. The van der Waals surface area contributed by atoms with E-state index in [4.69, 9.17) is 9.73 Å². The number of likely N-dealkylation sites (tertiary alicyclic amines) is 1. The molecule has 2 amide bonds. The van der Waals surface area contributed by atoms with Crippen LogP contribution >= 0.6 is 0 Å². The number of carbonyl (C=O) groups is 4. The van der Waals surface area contributed by atoms with E-state index in [1.165, 1.54) is 0 Å². The molecule has 0 unspecified atom stereocenters. The molecular weight excluding hydrogens is 630 g/mol. The van der Waals surface area contributed by atoms with Crippen LogP contribution in [0.2, 0.25) is 0 Å². The predicted octanol–water partition coefficient (Wildman–Crippen LogP) is 6.96. The molecule has 9 nitrogen and oxygen atoms in total. The van der Waals surface area contributed by atoms with Gasteiger partial charge in [-0.1, -0.05) is 129 Å². The first kappa shape index (κ1) is 34.5. The maximum absolute atomic E-state index is 14.4. The Bertz CT molecular complexity index is 1850. The lowest BCUT2D eigenvalue weighted by molar-refractivity contribution is -0.140. The number of carboxylic acid groups (broad SMARTS) is 1. The number of benzene rings is 4. The lowest BCUT2D eigenvalue weighted by atomic mass is 9.89. The van der Waals surface area contributed by atoms with E-state index in [9.17, 15) is 24.3 Å². The van der Waals surface area contributed by atoms with Gasteiger partial charge < -0.3 is 9.84 Å². The number of aliphatic imine (C=N–C) groups is 1. The molecular formula is C41H41N3O6. The standard InChI is InChI=1S/C41H41N3O6/c1-2-29(25-36(45)44-35(27-50-41(44)49)30-17-8-4-9-18-30)38(40(47)48)42-37(31-19-10-5-11-20-31)32-21-12-13-22-33(32)39(46)34-23-14-24-43(34)26-28-15-6-3-7-16-28/h3-13,15-22,29,34-35,38H,2,14,23-27H2,1H3,(H,47,48)/t29-,34+,35+,38-/m1/s1. The van der Waals surface area contributed by atoms with Crippen molar-refractivity contribution in [2.45, 2.75) is 57.3 Å². The second kappa shape index (κ2) is 15.9. The van der Waals surface area contributed by atoms with Crippen molar-refractivity contribution in [2.24, 2.45) is 10.9 Å². The molecule has 2 saturated heterocycles. The van der Waals surface area contributed by atoms with Gasteiger partial charge in [-0.3, -0.25) is 19.5 Å².